The molecule has 5 heteroatoms. The standard InChI is InChI=1S/C25H26N2O3/c1-3-27-23-10-9-20(25(29)30-17-18-7-5-4-6-8-18)15-22(23)21(16-24(27)28)19-11-13-26(2)14-12-19/h4-11,15-16H,3,12-14,17H2,1-2H3. The van der Waals surface area contributed by atoms with Crippen LogP contribution in [-0.4, -0.2) is 35.6 Å². The summed E-state index contributed by atoms with van der Waals surface area (Å²) in [4.78, 5) is 27.6. The third kappa shape index (κ3) is 4.07. The lowest BCUT2D eigenvalue weighted by atomic mass is 9.95. The lowest BCUT2D eigenvalue weighted by Gasteiger charge is -2.23. The molecule has 0 bridgehead atoms. The largest absolute Gasteiger partial charge is 0.457 e. The first-order valence-electron chi connectivity index (χ1n) is 10.3. The normalized spacial score (nSPS) is 14.5. The Morgan fingerprint density at radius 2 is 1.90 bits per heavy atom. The van der Waals surface area contributed by atoms with E-state index < -0.39 is 0 Å². The Kier molecular flexibility index (Phi) is 5.81. The minimum atomic E-state index is -0.363. The second kappa shape index (κ2) is 8.67. The van der Waals surface area contributed by atoms with Crippen molar-refractivity contribution < 1.29 is 9.53 Å². The molecule has 0 fully saturated rings. The van der Waals surface area contributed by atoms with Gasteiger partial charge in [0.05, 0.1) is 11.1 Å². The lowest BCUT2D eigenvalue weighted by Crippen LogP contribution is -2.25. The van der Waals surface area contributed by atoms with E-state index in [0.717, 1.165) is 47.1 Å². The Morgan fingerprint density at radius 1 is 1.10 bits per heavy atom. The van der Waals surface area contributed by atoms with Crippen molar-refractivity contribution in [3.63, 3.8) is 0 Å². The molecule has 0 N–H and O–H groups in total. The first-order valence-corrected chi connectivity index (χ1v) is 10.3. The van der Waals surface area contributed by atoms with Crippen molar-refractivity contribution in [2.75, 3.05) is 20.1 Å². The van der Waals surface area contributed by atoms with Crippen LogP contribution in [0, 0.1) is 0 Å². The van der Waals surface area contributed by atoms with Gasteiger partial charge in [-0.05, 0) is 55.3 Å². The van der Waals surface area contributed by atoms with Gasteiger partial charge < -0.3 is 14.2 Å². The van der Waals surface area contributed by atoms with Gasteiger partial charge in [0, 0.05) is 31.1 Å². The van der Waals surface area contributed by atoms with Crippen molar-refractivity contribution in [1.82, 2.24) is 9.47 Å². The highest BCUT2D eigenvalue weighted by Gasteiger charge is 2.17. The Morgan fingerprint density at radius 3 is 2.60 bits per heavy atom. The van der Waals surface area contributed by atoms with E-state index in [1.165, 1.54) is 0 Å². The maximum atomic E-state index is 12.7. The van der Waals surface area contributed by atoms with E-state index in [1.807, 2.05) is 49.4 Å². The monoisotopic (exact) mass is 402 g/mol. The molecule has 1 aliphatic rings. The SMILES string of the molecule is CCn1c(=O)cc(C2=CCN(C)CC2)c2cc(C(=O)OCc3ccccc3)ccc21. The van der Waals surface area contributed by atoms with E-state index >= 15 is 0 Å². The number of fused-ring (bicyclic) bond motifs is 1. The topological polar surface area (TPSA) is 51.5 Å². The number of benzene rings is 2. The summed E-state index contributed by atoms with van der Waals surface area (Å²) in [7, 11) is 2.08. The van der Waals surface area contributed by atoms with E-state index in [4.69, 9.17) is 4.74 Å². The molecule has 0 unspecified atom stereocenters. The summed E-state index contributed by atoms with van der Waals surface area (Å²) in [6.07, 6.45) is 3.05. The van der Waals surface area contributed by atoms with Crippen LogP contribution in [0.5, 0.6) is 0 Å². The predicted molar refractivity (Wildman–Crippen MR) is 120 cm³/mol. The minimum Gasteiger partial charge on any atom is -0.457 e. The molecule has 5 nitrogen and oxygen atoms in total. The van der Waals surface area contributed by atoms with Crippen molar-refractivity contribution in [2.45, 2.75) is 26.5 Å². The van der Waals surface area contributed by atoms with Crippen LogP contribution in [0.4, 0.5) is 0 Å². The van der Waals surface area contributed by atoms with Crippen molar-refractivity contribution in [3.8, 4) is 0 Å². The zero-order valence-electron chi connectivity index (χ0n) is 17.4. The lowest BCUT2D eigenvalue weighted by molar-refractivity contribution is 0.0473. The van der Waals surface area contributed by atoms with E-state index in [0.29, 0.717) is 12.1 Å². The third-order valence-corrected chi connectivity index (χ3v) is 5.63. The minimum absolute atomic E-state index is 0.0146. The molecule has 4 rings (SSSR count). The molecule has 154 valence electrons. The summed E-state index contributed by atoms with van der Waals surface area (Å²) >= 11 is 0. The van der Waals surface area contributed by atoms with Gasteiger partial charge in [-0.15, -0.1) is 0 Å². The van der Waals surface area contributed by atoms with Gasteiger partial charge in [0.2, 0.25) is 0 Å². The maximum Gasteiger partial charge on any atom is 0.338 e. The number of likely N-dealkylation sites (N-methyl/N-ethyl adjacent to an activating group) is 1. The Balaban J connectivity index is 1.73. The number of carbonyl (C=O) groups is 1. The zero-order valence-corrected chi connectivity index (χ0v) is 17.4. The Hall–Kier alpha value is -3.18. The molecule has 3 aromatic rings. The summed E-state index contributed by atoms with van der Waals surface area (Å²) in [5.74, 6) is -0.363. The van der Waals surface area contributed by atoms with Gasteiger partial charge in [-0.1, -0.05) is 36.4 Å². The van der Waals surface area contributed by atoms with E-state index in [1.54, 1.807) is 16.7 Å². The van der Waals surface area contributed by atoms with Gasteiger partial charge in [0.15, 0.2) is 0 Å². The summed E-state index contributed by atoms with van der Waals surface area (Å²) in [6.45, 7) is 4.57. The first kappa shape index (κ1) is 20.1. The van der Waals surface area contributed by atoms with Gasteiger partial charge in [0.1, 0.15) is 6.61 Å². The molecule has 1 aromatic heterocycles. The fraction of sp³-hybridized carbons (Fsp3) is 0.280. The van der Waals surface area contributed by atoms with Crippen LogP contribution in [-0.2, 0) is 17.9 Å². The number of rotatable bonds is 5. The molecule has 0 aliphatic carbocycles. The van der Waals surface area contributed by atoms with E-state index in [2.05, 4.69) is 18.0 Å². The smallest absolute Gasteiger partial charge is 0.338 e. The van der Waals surface area contributed by atoms with Gasteiger partial charge in [-0.2, -0.15) is 0 Å². The second-order valence-corrected chi connectivity index (χ2v) is 7.68. The first-order chi connectivity index (χ1) is 14.6. The third-order valence-electron chi connectivity index (χ3n) is 5.63. The maximum absolute atomic E-state index is 12.7. The van der Waals surface area contributed by atoms with Crippen LogP contribution >= 0.6 is 0 Å². The van der Waals surface area contributed by atoms with Crippen LogP contribution in [0.15, 0.2) is 65.5 Å². The summed E-state index contributed by atoms with van der Waals surface area (Å²) in [5, 5.41) is 0.918. The van der Waals surface area contributed by atoms with Crippen molar-refractivity contribution >= 4 is 22.4 Å². The number of carbonyl (C=O) groups excluding carboxylic acids is 1. The van der Waals surface area contributed by atoms with Crippen LogP contribution in [0.2, 0.25) is 0 Å². The van der Waals surface area contributed by atoms with Crippen LogP contribution in [0.3, 0.4) is 0 Å². The number of nitrogens with zero attached hydrogens (tertiary/aromatic N) is 2. The molecule has 1 aliphatic heterocycles. The molecule has 0 saturated carbocycles. The quantitative estimate of drug-likeness (QED) is 0.603. The summed E-state index contributed by atoms with van der Waals surface area (Å²) < 4.78 is 7.26. The Labute approximate surface area is 176 Å². The van der Waals surface area contributed by atoms with E-state index in [9.17, 15) is 9.59 Å². The average molecular weight is 402 g/mol. The second-order valence-electron chi connectivity index (χ2n) is 7.68. The predicted octanol–water partition coefficient (Wildman–Crippen LogP) is 4.10. The zero-order chi connectivity index (χ0) is 21.1. The molecule has 2 heterocycles. The number of hydrogen-bond donors (Lipinski definition) is 0. The molecule has 0 amide bonds. The van der Waals surface area contributed by atoms with Crippen LogP contribution in [0.1, 0.15) is 34.8 Å². The van der Waals surface area contributed by atoms with Crippen molar-refractivity contribution in [2.24, 2.45) is 0 Å². The van der Waals surface area contributed by atoms with Gasteiger partial charge >= 0.3 is 5.97 Å². The molecule has 0 spiro atoms. The van der Waals surface area contributed by atoms with Crippen LogP contribution in [0.25, 0.3) is 16.5 Å². The number of hydrogen-bond acceptors (Lipinski definition) is 4. The molecule has 0 saturated heterocycles. The summed E-state index contributed by atoms with van der Waals surface area (Å²) in [5.41, 5.74) is 4.36. The van der Waals surface area contributed by atoms with Crippen molar-refractivity contribution in [1.29, 1.82) is 0 Å². The molecule has 0 atom stereocenters. The molecule has 0 radical (unpaired) electrons. The average Bonchev–Trinajstić information content (AvgIpc) is 2.78. The highest BCUT2D eigenvalue weighted by atomic mass is 16.5. The highest BCUT2D eigenvalue weighted by Crippen LogP contribution is 2.29. The van der Waals surface area contributed by atoms with Gasteiger partial charge in [-0.3, -0.25) is 4.79 Å². The Bertz CT molecular complexity index is 1160. The molecule has 2 aromatic carbocycles. The van der Waals surface area contributed by atoms with Crippen LogP contribution < -0.4 is 5.56 Å². The van der Waals surface area contributed by atoms with E-state index in [-0.39, 0.29) is 18.1 Å². The number of pyridine rings is 1. The number of aromatic nitrogens is 1. The number of esters is 1. The number of ether oxygens (including phenoxy) is 1. The molecular weight excluding hydrogens is 376 g/mol. The number of aryl methyl sites for hydroxylation is 1. The molecule has 30 heavy (non-hydrogen) atoms. The fourth-order valence-corrected chi connectivity index (χ4v) is 3.93. The molecular formula is C25H26N2O3. The van der Waals surface area contributed by atoms with Gasteiger partial charge in [-0.25, -0.2) is 4.79 Å². The fourth-order valence-electron chi connectivity index (χ4n) is 3.93. The highest BCUT2D eigenvalue weighted by molar-refractivity contribution is 5.98. The van der Waals surface area contributed by atoms with Crippen molar-refractivity contribution in [3.05, 3.63) is 87.7 Å². The van der Waals surface area contributed by atoms with Gasteiger partial charge in [0.25, 0.3) is 5.56 Å². The summed E-state index contributed by atoms with van der Waals surface area (Å²) in [6, 6.07) is 16.8.